The van der Waals surface area contributed by atoms with Gasteiger partial charge in [-0.05, 0) is 24.3 Å². The Kier molecular flexibility index (Phi) is 4.22. The second-order valence-electron chi connectivity index (χ2n) is 4.16. The smallest absolute Gasteiger partial charge is 0.256 e. The van der Waals surface area contributed by atoms with Gasteiger partial charge in [0.25, 0.3) is 5.91 Å². The average Bonchev–Trinajstić information content (AvgIpc) is 2.42. The van der Waals surface area contributed by atoms with Crippen LogP contribution in [0.1, 0.15) is 17.3 Å². The van der Waals surface area contributed by atoms with Gasteiger partial charge in [0, 0.05) is 18.7 Å². The molecule has 0 spiro atoms. The van der Waals surface area contributed by atoms with E-state index in [1.165, 1.54) is 31.3 Å². The van der Waals surface area contributed by atoms with Crippen LogP contribution in [-0.2, 0) is 4.79 Å². The number of benzene rings is 1. The van der Waals surface area contributed by atoms with Crippen LogP contribution in [0.4, 0.5) is 20.3 Å². The van der Waals surface area contributed by atoms with Crippen LogP contribution in [0.5, 0.6) is 0 Å². The molecule has 0 bridgehead atoms. The van der Waals surface area contributed by atoms with Gasteiger partial charge in [0.05, 0.1) is 0 Å². The predicted octanol–water partition coefficient (Wildman–Crippen LogP) is 2.57. The SMILES string of the molecule is CC(=O)Nc1cc(C(=O)Nc2c(F)cccc2F)ccn1. The highest BCUT2D eigenvalue weighted by atomic mass is 19.1. The topological polar surface area (TPSA) is 71.1 Å². The standard InChI is InChI=1S/C14H11F2N3O2/c1-8(20)18-12-7-9(5-6-17-12)14(21)19-13-10(15)3-2-4-11(13)16/h2-7H,1H3,(H,19,21)(H,17,18,20). The molecule has 0 saturated heterocycles. The Labute approximate surface area is 119 Å². The molecule has 2 amide bonds. The van der Waals surface area contributed by atoms with E-state index in [-0.39, 0.29) is 17.3 Å². The number of amides is 2. The van der Waals surface area contributed by atoms with Crippen LogP contribution in [0.15, 0.2) is 36.5 Å². The molecule has 21 heavy (non-hydrogen) atoms. The van der Waals surface area contributed by atoms with Crippen molar-refractivity contribution in [2.45, 2.75) is 6.92 Å². The minimum Gasteiger partial charge on any atom is -0.317 e. The fourth-order valence-corrected chi connectivity index (χ4v) is 1.62. The van der Waals surface area contributed by atoms with Crippen LogP contribution in [0.2, 0.25) is 0 Å². The number of hydrogen-bond donors (Lipinski definition) is 2. The van der Waals surface area contributed by atoms with Gasteiger partial charge in [-0.1, -0.05) is 6.07 Å². The Balaban J connectivity index is 2.23. The number of rotatable bonds is 3. The first-order valence-corrected chi connectivity index (χ1v) is 5.96. The van der Waals surface area contributed by atoms with Crippen molar-refractivity contribution in [1.29, 1.82) is 0 Å². The summed E-state index contributed by atoms with van der Waals surface area (Å²) in [4.78, 5) is 26.7. The lowest BCUT2D eigenvalue weighted by Gasteiger charge is -2.08. The van der Waals surface area contributed by atoms with Crippen molar-refractivity contribution < 1.29 is 18.4 Å². The van der Waals surface area contributed by atoms with Crippen molar-refractivity contribution in [3.8, 4) is 0 Å². The molecule has 1 aromatic carbocycles. The first kappa shape index (κ1) is 14.6. The Hall–Kier alpha value is -2.83. The highest BCUT2D eigenvalue weighted by molar-refractivity contribution is 6.05. The van der Waals surface area contributed by atoms with Crippen LogP contribution < -0.4 is 10.6 Å². The summed E-state index contributed by atoms with van der Waals surface area (Å²) in [5.74, 6) is -2.64. The normalized spacial score (nSPS) is 10.0. The molecule has 7 heteroatoms. The first-order valence-electron chi connectivity index (χ1n) is 5.96. The Morgan fingerprint density at radius 3 is 2.38 bits per heavy atom. The van der Waals surface area contributed by atoms with Crippen LogP contribution in [0.25, 0.3) is 0 Å². The van der Waals surface area contributed by atoms with E-state index in [9.17, 15) is 18.4 Å². The largest absolute Gasteiger partial charge is 0.317 e. The number of halogens is 2. The monoisotopic (exact) mass is 291 g/mol. The highest BCUT2D eigenvalue weighted by Crippen LogP contribution is 2.19. The lowest BCUT2D eigenvalue weighted by atomic mass is 10.2. The number of pyridine rings is 1. The van der Waals surface area contributed by atoms with Crippen LogP contribution in [0, 0.1) is 11.6 Å². The zero-order chi connectivity index (χ0) is 15.4. The minimum atomic E-state index is -0.875. The Morgan fingerprint density at radius 2 is 1.76 bits per heavy atom. The fourth-order valence-electron chi connectivity index (χ4n) is 1.62. The van der Waals surface area contributed by atoms with Gasteiger partial charge in [-0.15, -0.1) is 0 Å². The highest BCUT2D eigenvalue weighted by Gasteiger charge is 2.14. The summed E-state index contributed by atoms with van der Waals surface area (Å²) in [5, 5.41) is 4.55. The summed E-state index contributed by atoms with van der Waals surface area (Å²) in [6.45, 7) is 1.29. The van der Waals surface area contributed by atoms with Gasteiger partial charge in [-0.25, -0.2) is 13.8 Å². The van der Waals surface area contributed by atoms with E-state index >= 15 is 0 Å². The van der Waals surface area contributed by atoms with Crippen molar-refractivity contribution in [1.82, 2.24) is 4.98 Å². The van der Waals surface area contributed by atoms with Gasteiger partial charge in [-0.2, -0.15) is 0 Å². The Morgan fingerprint density at radius 1 is 1.10 bits per heavy atom. The van der Waals surface area contributed by atoms with Gasteiger partial charge in [0.2, 0.25) is 5.91 Å². The van der Waals surface area contributed by atoms with Gasteiger partial charge in [0.1, 0.15) is 23.1 Å². The lowest BCUT2D eigenvalue weighted by Crippen LogP contribution is -2.15. The van der Waals surface area contributed by atoms with Gasteiger partial charge in [-0.3, -0.25) is 9.59 Å². The summed E-state index contributed by atoms with van der Waals surface area (Å²) in [7, 11) is 0. The van der Waals surface area contributed by atoms with Crippen molar-refractivity contribution >= 4 is 23.3 Å². The molecule has 2 N–H and O–H groups in total. The maximum atomic E-state index is 13.5. The van der Waals surface area contributed by atoms with E-state index in [1.54, 1.807) is 0 Å². The van der Waals surface area contributed by atoms with E-state index < -0.39 is 23.2 Å². The minimum absolute atomic E-state index is 0.108. The zero-order valence-corrected chi connectivity index (χ0v) is 11.0. The average molecular weight is 291 g/mol. The lowest BCUT2D eigenvalue weighted by molar-refractivity contribution is -0.114. The maximum Gasteiger partial charge on any atom is 0.256 e. The first-order chi connectivity index (χ1) is 9.97. The fraction of sp³-hybridized carbons (Fsp3) is 0.0714. The molecular formula is C14H11F2N3O2. The summed E-state index contributed by atoms with van der Waals surface area (Å²) in [6.07, 6.45) is 1.30. The Bertz CT molecular complexity index is 684. The van der Waals surface area contributed by atoms with E-state index in [4.69, 9.17) is 0 Å². The molecule has 0 radical (unpaired) electrons. The van der Waals surface area contributed by atoms with E-state index in [0.717, 1.165) is 12.1 Å². The third-order valence-electron chi connectivity index (χ3n) is 2.53. The van der Waals surface area contributed by atoms with Crippen molar-refractivity contribution in [2.24, 2.45) is 0 Å². The molecule has 108 valence electrons. The quantitative estimate of drug-likeness (QED) is 0.913. The third-order valence-corrected chi connectivity index (χ3v) is 2.53. The molecule has 0 aliphatic carbocycles. The van der Waals surface area contributed by atoms with Crippen LogP contribution in [0.3, 0.4) is 0 Å². The molecule has 5 nitrogen and oxygen atoms in total. The van der Waals surface area contributed by atoms with Crippen molar-refractivity contribution in [3.05, 3.63) is 53.7 Å². The molecule has 0 unspecified atom stereocenters. The molecule has 0 atom stereocenters. The van der Waals surface area contributed by atoms with Gasteiger partial charge >= 0.3 is 0 Å². The molecule has 1 heterocycles. The molecule has 1 aromatic heterocycles. The van der Waals surface area contributed by atoms with Crippen molar-refractivity contribution in [2.75, 3.05) is 10.6 Å². The second-order valence-corrected chi connectivity index (χ2v) is 4.16. The van der Waals surface area contributed by atoms with E-state index in [2.05, 4.69) is 15.6 Å². The van der Waals surface area contributed by atoms with Crippen molar-refractivity contribution in [3.63, 3.8) is 0 Å². The zero-order valence-electron chi connectivity index (χ0n) is 11.0. The second kappa shape index (κ2) is 6.08. The maximum absolute atomic E-state index is 13.5. The number of nitrogens with zero attached hydrogens (tertiary/aromatic N) is 1. The third kappa shape index (κ3) is 3.59. The van der Waals surface area contributed by atoms with Gasteiger partial charge in [0.15, 0.2) is 0 Å². The molecule has 2 aromatic rings. The summed E-state index contributed by atoms with van der Waals surface area (Å²) in [5.41, 5.74) is -0.420. The van der Waals surface area contributed by atoms with Gasteiger partial charge < -0.3 is 10.6 Å². The number of para-hydroxylation sites is 1. The predicted molar refractivity (Wildman–Crippen MR) is 72.9 cm³/mol. The molecular weight excluding hydrogens is 280 g/mol. The number of carbonyl (C=O) groups excluding carboxylic acids is 2. The van der Waals surface area contributed by atoms with Crippen LogP contribution >= 0.6 is 0 Å². The summed E-state index contributed by atoms with van der Waals surface area (Å²) >= 11 is 0. The number of nitrogens with one attached hydrogen (secondary N) is 2. The molecule has 0 fully saturated rings. The number of hydrogen-bond acceptors (Lipinski definition) is 3. The van der Waals surface area contributed by atoms with E-state index in [1.807, 2.05) is 0 Å². The molecule has 2 rings (SSSR count). The molecule has 0 aliphatic heterocycles. The summed E-state index contributed by atoms with van der Waals surface area (Å²) < 4.78 is 26.9. The molecule has 0 saturated carbocycles. The van der Waals surface area contributed by atoms with Crippen LogP contribution in [-0.4, -0.2) is 16.8 Å². The molecule has 0 aliphatic rings. The summed E-state index contributed by atoms with van der Waals surface area (Å²) in [6, 6.07) is 5.93. The number of carbonyl (C=O) groups is 2. The number of aromatic nitrogens is 1. The number of anilines is 2. The van der Waals surface area contributed by atoms with E-state index in [0.29, 0.717) is 0 Å².